The lowest BCUT2D eigenvalue weighted by Crippen LogP contribution is -2.67. The number of fused-ring (bicyclic) bond motifs is 7. The van der Waals surface area contributed by atoms with Gasteiger partial charge in [0.15, 0.2) is 24.7 Å². The van der Waals surface area contributed by atoms with Crippen molar-refractivity contribution in [1.82, 2.24) is 0 Å². The van der Waals surface area contributed by atoms with Gasteiger partial charge >= 0.3 is 0 Å². The molecule has 3 saturated carbocycles. The van der Waals surface area contributed by atoms with Crippen LogP contribution >= 0.6 is 0 Å². The van der Waals surface area contributed by atoms with Crippen LogP contribution < -0.4 is 0 Å². The maximum absolute atomic E-state index is 12.8. The van der Waals surface area contributed by atoms with Gasteiger partial charge in [-0.05, 0) is 82.0 Å². The van der Waals surface area contributed by atoms with E-state index in [0.29, 0.717) is 37.7 Å². The molecule has 360 valence electrons. The molecular formula is C45H72O18. The van der Waals surface area contributed by atoms with E-state index in [1.807, 2.05) is 13.8 Å². The van der Waals surface area contributed by atoms with E-state index < -0.39 is 134 Å². The van der Waals surface area contributed by atoms with Crippen LogP contribution in [-0.2, 0) is 37.9 Å². The molecule has 1 spiro atoms. The van der Waals surface area contributed by atoms with E-state index in [0.717, 1.165) is 32.1 Å². The number of ether oxygens (including phenoxy) is 8. The zero-order chi connectivity index (χ0) is 45.3. The average Bonchev–Trinajstić information content (AvgIpc) is 3.61. The van der Waals surface area contributed by atoms with Gasteiger partial charge in [-0.3, -0.25) is 0 Å². The van der Waals surface area contributed by atoms with Crippen molar-refractivity contribution >= 4 is 0 Å². The molecule has 4 aliphatic carbocycles. The molecule has 0 aromatic carbocycles. The van der Waals surface area contributed by atoms with Crippen LogP contribution in [-0.4, -0.2) is 186 Å². The third kappa shape index (κ3) is 7.27. The third-order valence-corrected chi connectivity index (χ3v) is 18.0. The van der Waals surface area contributed by atoms with Gasteiger partial charge in [-0.2, -0.15) is 0 Å². The molecule has 18 heteroatoms. The van der Waals surface area contributed by atoms with Gasteiger partial charge in [-0.25, -0.2) is 0 Å². The molecule has 0 radical (unpaired) electrons. The van der Waals surface area contributed by atoms with E-state index in [9.17, 15) is 51.1 Å². The molecule has 0 bridgehead atoms. The van der Waals surface area contributed by atoms with Crippen LogP contribution in [0.25, 0.3) is 0 Å². The van der Waals surface area contributed by atoms with E-state index in [2.05, 4.69) is 19.9 Å². The normalized spacial score (nSPS) is 59.3. The number of hydrogen-bond acceptors (Lipinski definition) is 18. The van der Waals surface area contributed by atoms with E-state index >= 15 is 0 Å². The minimum absolute atomic E-state index is 0.00121. The highest BCUT2D eigenvalue weighted by Gasteiger charge is 2.76. The lowest BCUT2D eigenvalue weighted by Gasteiger charge is -2.60. The first-order valence-electron chi connectivity index (χ1n) is 23.4. The second-order valence-electron chi connectivity index (χ2n) is 21.3. The summed E-state index contributed by atoms with van der Waals surface area (Å²) in [4.78, 5) is 0. The maximum atomic E-state index is 12.8. The van der Waals surface area contributed by atoms with Gasteiger partial charge in [-0.15, -0.1) is 0 Å². The molecule has 10 N–H and O–H groups in total. The largest absolute Gasteiger partial charge is 0.394 e. The smallest absolute Gasteiger partial charge is 0.187 e. The fraction of sp³-hybridized carbons (Fsp3) is 0.956. The van der Waals surface area contributed by atoms with E-state index in [1.54, 1.807) is 0 Å². The second kappa shape index (κ2) is 16.9. The molecule has 8 fully saturated rings. The molecule has 9 rings (SSSR count). The Morgan fingerprint density at radius 2 is 1.35 bits per heavy atom. The van der Waals surface area contributed by atoms with Crippen LogP contribution in [0.5, 0.6) is 0 Å². The Kier molecular flexibility index (Phi) is 12.6. The molecule has 0 unspecified atom stereocenters. The summed E-state index contributed by atoms with van der Waals surface area (Å²) in [5.41, 5.74) is -0.418. The van der Waals surface area contributed by atoms with Crippen LogP contribution in [0.3, 0.4) is 0 Å². The van der Waals surface area contributed by atoms with Crippen molar-refractivity contribution in [2.75, 3.05) is 13.2 Å². The first-order valence-corrected chi connectivity index (χ1v) is 23.4. The highest BCUT2D eigenvalue weighted by molar-refractivity contribution is 5.29. The molecule has 9 aliphatic rings. The number of allylic oxidation sites excluding steroid dienone is 1. The molecule has 0 aromatic rings. The fourth-order valence-electron chi connectivity index (χ4n) is 13.9. The molecule has 5 heterocycles. The predicted molar refractivity (Wildman–Crippen MR) is 216 cm³/mol. The summed E-state index contributed by atoms with van der Waals surface area (Å²) in [5.74, 6) is -0.445. The topological polar surface area (TPSA) is 276 Å². The van der Waals surface area contributed by atoms with E-state index in [4.69, 9.17) is 37.9 Å². The van der Waals surface area contributed by atoms with Gasteiger partial charge in [0.2, 0.25) is 0 Å². The zero-order valence-electron chi connectivity index (χ0n) is 37.2. The van der Waals surface area contributed by atoms with Gasteiger partial charge in [0.25, 0.3) is 0 Å². The predicted octanol–water partition coefficient (Wildman–Crippen LogP) is -0.673. The summed E-state index contributed by atoms with van der Waals surface area (Å²) in [5, 5.41) is 110. The number of hydrogen-bond donors (Lipinski definition) is 10. The van der Waals surface area contributed by atoms with Crippen molar-refractivity contribution in [2.24, 2.45) is 40.4 Å². The minimum Gasteiger partial charge on any atom is -0.394 e. The summed E-state index contributed by atoms with van der Waals surface area (Å²) in [6.45, 7) is 11.3. The summed E-state index contributed by atoms with van der Waals surface area (Å²) >= 11 is 0. The Hall–Kier alpha value is -0.980. The Morgan fingerprint density at radius 1 is 0.714 bits per heavy atom. The second-order valence-corrected chi connectivity index (χ2v) is 21.3. The van der Waals surface area contributed by atoms with Crippen molar-refractivity contribution in [1.29, 1.82) is 0 Å². The van der Waals surface area contributed by atoms with Crippen LogP contribution in [0.15, 0.2) is 11.6 Å². The molecule has 63 heavy (non-hydrogen) atoms. The lowest BCUT2D eigenvalue weighted by molar-refractivity contribution is -0.393. The number of aliphatic hydroxyl groups excluding tert-OH is 9. The van der Waals surface area contributed by atoms with Crippen molar-refractivity contribution < 1.29 is 89.0 Å². The Morgan fingerprint density at radius 3 is 1.97 bits per heavy atom. The molecular weight excluding hydrogens is 828 g/mol. The highest BCUT2D eigenvalue weighted by Crippen LogP contribution is 2.72. The first kappa shape index (κ1) is 47.1. The van der Waals surface area contributed by atoms with Gasteiger partial charge in [0.1, 0.15) is 66.6 Å². The summed E-state index contributed by atoms with van der Waals surface area (Å²) < 4.78 is 50.0. The third-order valence-electron chi connectivity index (χ3n) is 18.0. The first-order chi connectivity index (χ1) is 29.7. The van der Waals surface area contributed by atoms with Crippen LogP contribution in [0.4, 0.5) is 0 Å². The monoisotopic (exact) mass is 900 g/mol. The molecule has 18 nitrogen and oxygen atoms in total. The fourth-order valence-corrected chi connectivity index (χ4v) is 13.9. The SMILES string of the molecule is C[C@@H]1O[C@@H](O[C@H]2[C@H](O[C@H]3CC[C@@]4(C)C(=CC[C@@H]5[C@@H]4CC[C@@]4(C)[C@H]5C[C@@H]5O[C@@]6(C[C@@H](O)[C@@H](C)CO6)[C@@H](C)[C@@]54O)C3)O[C@H](CO)[C@@H](O)[C@@H]2O[C@@H]2O[C@@H](C)[C@H](O)[C@@H](O)[C@H]2O)[C@H](O)[C@H](O)[C@H]1O. The quantitative estimate of drug-likeness (QED) is 0.142. The molecule has 5 saturated heterocycles. The van der Waals surface area contributed by atoms with E-state index in [-0.39, 0.29) is 23.2 Å². The summed E-state index contributed by atoms with van der Waals surface area (Å²) in [7, 11) is 0. The Bertz CT molecular complexity index is 1690. The highest BCUT2D eigenvalue weighted by atomic mass is 16.8. The van der Waals surface area contributed by atoms with Gasteiger partial charge in [0, 0.05) is 23.7 Å². The molecule has 0 aromatic heterocycles. The Labute approximate surface area is 368 Å². The maximum Gasteiger partial charge on any atom is 0.187 e. The minimum atomic E-state index is -1.76. The Balaban J connectivity index is 0.945. The lowest BCUT2D eigenvalue weighted by atomic mass is 9.46. The average molecular weight is 901 g/mol. The standard InChI is InChI=1S/C45H72O18/c1-18-17-56-44(15-27(18)47)21(4)45(55)29(63-44)14-26-24-8-7-22-13-23(9-11-42(22,5)25(24)10-12-43(26,45)6)59-41-38(62-40-36(54)34(52)31(49)20(3)58-40)37(32(50)28(16-46)60-41)61-39-35(53)33(51)30(48)19(2)57-39/h7,18-21,23-41,46-55H,8-17H2,1-6H3/t18-,19-,20-,21+,23-,24+,25-,26-,27+,28+,29-,30-,31-,32+,33+,34+,35+,36+,37-,38+,39-,40-,41+,42-,43-,44-,45+/m0/s1. The van der Waals surface area contributed by atoms with E-state index in [1.165, 1.54) is 19.4 Å². The van der Waals surface area contributed by atoms with Crippen molar-refractivity contribution in [3.8, 4) is 0 Å². The van der Waals surface area contributed by atoms with Crippen molar-refractivity contribution in [3.63, 3.8) is 0 Å². The van der Waals surface area contributed by atoms with Crippen LogP contribution in [0, 0.1) is 40.4 Å². The van der Waals surface area contributed by atoms with Crippen LogP contribution in [0.1, 0.15) is 92.9 Å². The zero-order valence-corrected chi connectivity index (χ0v) is 37.2. The van der Waals surface area contributed by atoms with Crippen molar-refractivity contribution in [3.05, 3.63) is 11.6 Å². The molecule has 0 amide bonds. The number of aliphatic hydroxyl groups is 10. The van der Waals surface area contributed by atoms with Crippen LogP contribution in [0.2, 0.25) is 0 Å². The molecule has 27 atom stereocenters. The summed E-state index contributed by atoms with van der Waals surface area (Å²) in [6, 6.07) is 0. The van der Waals surface area contributed by atoms with Crippen molar-refractivity contribution in [2.45, 2.75) is 215 Å². The van der Waals surface area contributed by atoms with Gasteiger partial charge in [-0.1, -0.05) is 39.3 Å². The summed E-state index contributed by atoms with van der Waals surface area (Å²) in [6.07, 6.45) is -15.6. The van der Waals surface area contributed by atoms with Gasteiger partial charge in [0.05, 0.1) is 43.7 Å². The van der Waals surface area contributed by atoms with Gasteiger partial charge < -0.3 is 89.0 Å². The molecule has 5 aliphatic heterocycles. The number of rotatable bonds is 7.